The Balaban J connectivity index is 2.71. The molecule has 0 saturated heterocycles. The highest BCUT2D eigenvalue weighted by Crippen LogP contribution is 2.31. The summed E-state index contributed by atoms with van der Waals surface area (Å²) in [5.41, 5.74) is 6.46. The predicted molar refractivity (Wildman–Crippen MR) is 156 cm³/mol. The van der Waals surface area contributed by atoms with E-state index >= 15 is 0 Å². The van der Waals surface area contributed by atoms with Gasteiger partial charge in [-0.05, 0) is 37.8 Å². The number of hydrogen-bond donors (Lipinski definition) is 1. The molecular weight excluding hydrogens is 544 g/mol. The molecule has 2 bridgehead atoms. The zero-order valence-electron chi connectivity index (χ0n) is 25.9. The minimum Gasteiger partial charge on any atom is -0.439 e. The summed E-state index contributed by atoms with van der Waals surface area (Å²) in [6.07, 6.45) is 5.26. The summed E-state index contributed by atoms with van der Waals surface area (Å²) >= 11 is 0. The van der Waals surface area contributed by atoms with Crippen molar-refractivity contribution in [2.45, 2.75) is 64.6 Å². The van der Waals surface area contributed by atoms with Crippen molar-refractivity contribution in [3.63, 3.8) is 0 Å². The topological polar surface area (TPSA) is 144 Å². The Kier molecular flexibility index (Phi) is 13.0. The third-order valence-corrected chi connectivity index (χ3v) is 7.65. The zero-order chi connectivity index (χ0) is 31.7. The summed E-state index contributed by atoms with van der Waals surface area (Å²) in [5.74, 6) is -1.90. The molecule has 1 heterocycles. The first-order valence-electron chi connectivity index (χ1n) is 13.7. The fourth-order valence-electron chi connectivity index (χ4n) is 5.50. The van der Waals surface area contributed by atoms with E-state index in [1.807, 2.05) is 19.9 Å². The molecule has 7 atom stereocenters. The highest BCUT2D eigenvalue weighted by atomic mass is 16.6. The molecular formula is C31H44N2O9. The fourth-order valence-corrected chi connectivity index (χ4v) is 5.50. The van der Waals surface area contributed by atoms with Crippen LogP contribution in [0.3, 0.4) is 0 Å². The van der Waals surface area contributed by atoms with Crippen molar-refractivity contribution < 1.29 is 42.9 Å². The number of ether oxygens (including phenoxy) is 5. The number of rotatable bonds is 5. The molecule has 2 aliphatic rings. The number of likely N-dealkylation sites (N-methyl/N-ethyl adjacent to an activating group) is 1. The molecule has 0 radical (unpaired) electrons. The lowest BCUT2D eigenvalue weighted by molar-refractivity contribution is -0.127. The highest BCUT2D eigenvalue weighted by Gasteiger charge is 2.37. The standard InChI is InChI=1S/C31H44N2O9/c1-17-11-10-12-24(38-6)29(42-31(32)37)19(3)13-18(2)28(41-9)25(39-7)14-20(4)27(40-8)22-15-21(34)16-23(26(22)35)33(5)30(17)36/h10-13,15-16,18,20,24-25,27-29H,14H2,1-9H3,(H2,32,37)/b12-10-,17-11+,19-13+. The second-order valence-corrected chi connectivity index (χ2v) is 10.6. The van der Waals surface area contributed by atoms with Crippen LogP contribution in [0, 0.1) is 11.8 Å². The highest BCUT2D eigenvalue weighted by molar-refractivity contribution is 6.22. The monoisotopic (exact) mass is 588 g/mol. The van der Waals surface area contributed by atoms with Crippen LogP contribution in [0.1, 0.15) is 34.1 Å². The number of fused-ring (bicyclic) bond motifs is 2. The van der Waals surface area contributed by atoms with Crippen LogP contribution in [0.5, 0.6) is 0 Å². The lowest BCUT2D eigenvalue weighted by atomic mass is 9.83. The Morgan fingerprint density at radius 1 is 0.952 bits per heavy atom. The number of carbonyl (C=O) groups excluding carboxylic acids is 4. The largest absolute Gasteiger partial charge is 0.439 e. The molecule has 0 spiro atoms. The summed E-state index contributed by atoms with van der Waals surface area (Å²) in [4.78, 5) is 52.6. The van der Waals surface area contributed by atoms with Gasteiger partial charge >= 0.3 is 6.09 Å². The number of hydrogen-bond acceptors (Lipinski definition) is 9. The maximum atomic E-state index is 13.6. The predicted octanol–water partition coefficient (Wildman–Crippen LogP) is 3.06. The molecule has 2 amide bonds. The van der Waals surface area contributed by atoms with Crippen molar-refractivity contribution in [1.82, 2.24) is 4.90 Å². The average molecular weight is 589 g/mol. The Morgan fingerprint density at radius 3 is 2.17 bits per heavy atom. The summed E-state index contributed by atoms with van der Waals surface area (Å²) in [6.45, 7) is 7.22. The molecule has 0 saturated carbocycles. The van der Waals surface area contributed by atoms with E-state index in [1.165, 1.54) is 27.3 Å². The van der Waals surface area contributed by atoms with Crippen LogP contribution in [0.25, 0.3) is 0 Å². The van der Waals surface area contributed by atoms with Gasteiger partial charge in [0.1, 0.15) is 6.10 Å². The molecule has 0 fully saturated rings. The molecule has 11 heteroatoms. The van der Waals surface area contributed by atoms with Gasteiger partial charge in [-0.2, -0.15) is 0 Å². The van der Waals surface area contributed by atoms with Gasteiger partial charge in [-0.15, -0.1) is 0 Å². The molecule has 1 aliphatic carbocycles. The number of amides is 2. The third-order valence-electron chi connectivity index (χ3n) is 7.65. The number of nitrogens with zero attached hydrogens (tertiary/aromatic N) is 1. The smallest absolute Gasteiger partial charge is 0.405 e. The Bertz CT molecular complexity index is 1180. The number of Topliss-reactive ketones (excluding diaryl/α,β-unsaturated/α-hetero) is 1. The molecule has 11 nitrogen and oxygen atoms in total. The van der Waals surface area contributed by atoms with Crippen molar-refractivity contribution in [1.29, 1.82) is 0 Å². The number of methoxy groups -OCH3 is 4. The first-order valence-corrected chi connectivity index (χ1v) is 13.7. The van der Waals surface area contributed by atoms with E-state index in [0.717, 1.165) is 11.0 Å². The summed E-state index contributed by atoms with van der Waals surface area (Å²) in [6, 6.07) is 0. The van der Waals surface area contributed by atoms with E-state index in [-0.39, 0.29) is 28.7 Å². The van der Waals surface area contributed by atoms with Gasteiger partial charge in [-0.1, -0.05) is 38.2 Å². The fraction of sp³-hybridized carbons (Fsp3) is 0.548. The minimum atomic E-state index is -0.969. The Hall–Kier alpha value is -3.38. The normalized spacial score (nSPS) is 33.6. The summed E-state index contributed by atoms with van der Waals surface area (Å²) in [7, 11) is 7.51. The maximum absolute atomic E-state index is 13.6. The number of allylic oxidation sites excluding steroid dienone is 5. The molecule has 0 aromatic heterocycles. The van der Waals surface area contributed by atoms with Crippen molar-refractivity contribution >= 4 is 23.6 Å². The second kappa shape index (κ2) is 15.7. The Morgan fingerprint density at radius 2 is 1.62 bits per heavy atom. The molecule has 2 N–H and O–H groups in total. The molecule has 42 heavy (non-hydrogen) atoms. The van der Waals surface area contributed by atoms with Gasteiger partial charge in [-0.25, -0.2) is 4.79 Å². The maximum Gasteiger partial charge on any atom is 0.405 e. The van der Waals surface area contributed by atoms with Crippen LogP contribution in [-0.4, -0.2) is 94.5 Å². The molecule has 7 unspecified atom stereocenters. The second-order valence-electron chi connectivity index (χ2n) is 10.6. The van der Waals surface area contributed by atoms with E-state index in [9.17, 15) is 19.2 Å². The summed E-state index contributed by atoms with van der Waals surface area (Å²) in [5, 5.41) is 0. The Labute approximate surface area is 248 Å². The van der Waals surface area contributed by atoms with Gasteiger partial charge in [0.25, 0.3) is 5.91 Å². The van der Waals surface area contributed by atoms with Crippen LogP contribution in [-0.2, 0) is 38.1 Å². The third kappa shape index (κ3) is 8.34. The molecule has 0 aromatic carbocycles. The van der Waals surface area contributed by atoms with E-state index < -0.39 is 54.1 Å². The average Bonchev–Trinajstić information content (AvgIpc) is 2.94. The van der Waals surface area contributed by atoms with Crippen LogP contribution in [0.4, 0.5) is 4.79 Å². The minimum absolute atomic E-state index is 0.0532. The molecule has 0 aromatic rings. The number of carbonyl (C=O) groups is 4. The van der Waals surface area contributed by atoms with Crippen molar-refractivity contribution in [2.75, 3.05) is 35.5 Å². The van der Waals surface area contributed by atoms with Crippen LogP contribution in [0.15, 0.2) is 58.9 Å². The van der Waals surface area contributed by atoms with E-state index in [2.05, 4.69) is 0 Å². The SMILES string of the molecule is COC1/C=C\C=C(/C)C(=O)N(C)C2=CC(=O)C=C(C2=O)C(OC)C(C)CC(OC)C(OC)C(C)/C=C(\C)C1OC(N)=O. The van der Waals surface area contributed by atoms with Gasteiger partial charge in [0.05, 0.1) is 24.0 Å². The quantitative estimate of drug-likeness (QED) is 0.379. The van der Waals surface area contributed by atoms with Crippen LogP contribution >= 0.6 is 0 Å². The molecule has 232 valence electrons. The van der Waals surface area contributed by atoms with Crippen molar-refractivity contribution in [3.8, 4) is 0 Å². The number of primary amides is 1. The van der Waals surface area contributed by atoms with Gasteiger partial charge in [0.2, 0.25) is 5.78 Å². The number of ketones is 2. The lowest BCUT2D eigenvalue weighted by Crippen LogP contribution is -2.41. The van der Waals surface area contributed by atoms with Crippen LogP contribution in [0.2, 0.25) is 0 Å². The van der Waals surface area contributed by atoms with Gasteiger partial charge < -0.3 is 34.3 Å². The van der Waals surface area contributed by atoms with Gasteiger partial charge in [0.15, 0.2) is 11.9 Å². The van der Waals surface area contributed by atoms with Crippen LogP contribution < -0.4 is 5.73 Å². The van der Waals surface area contributed by atoms with E-state index in [0.29, 0.717) is 12.0 Å². The molecule has 2 rings (SSSR count). The van der Waals surface area contributed by atoms with Crippen molar-refractivity contribution in [2.24, 2.45) is 17.6 Å². The molecule has 1 aliphatic heterocycles. The lowest BCUT2D eigenvalue weighted by Gasteiger charge is -2.34. The van der Waals surface area contributed by atoms with E-state index in [1.54, 1.807) is 46.3 Å². The zero-order valence-corrected chi connectivity index (χ0v) is 25.9. The summed E-state index contributed by atoms with van der Waals surface area (Å²) < 4.78 is 28.5. The first-order chi connectivity index (χ1) is 19.8. The van der Waals surface area contributed by atoms with E-state index in [4.69, 9.17) is 29.4 Å². The van der Waals surface area contributed by atoms with Crippen molar-refractivity contribution in [3.05, 3.63) is 58.9 Å². The number of nitrogens with two attached hydrogens (primary N) is 1. The van der Waals surface area contributed by atoms with Gasteiger partial charge in [0, 0.05) is 58.6 Å². The van der Waals surface area contributed by atoms with Gasteiger partial charge in [-0.3, -0.25) is 14.4 Å². The first kappa shape index (κ1) is 34.8.